The van der Waals surface area contributed by atoms with Crippen LogP contribution >= 0.6 is 11.8 Å². The number of aromatic nitrogens is 2. The molecule has 0 radical (unpaired) electrons. The number of fused-ring (bicyclic) bond motifs is 2. The van der Waals surface area contributed by atoms with E-state index in [4.69, 9.17) is 14.2 Å². The summed E-state index contributed by atoms with van der Waals surface area (Å²) < 4.78 is 15.9. The number of ether oxygens (including phenoxy) is 3. The molecule has 7 heteroatoms. The van der Waals surface area contributed by atoms with E-state index in [-0.39, 0.29) is 23.8 Å². The molecule has 0 spiro atoms. The average molecular weight is 356 g/mol. The van der Waals surface area contributed by atoms with Crippen LogP contribution in [0.4, 0.5) is 0 Å². The summed E-state index contributed by atoms with van der Waals surface area (Å²) in [5.74, 6) is 2.47. The van der Waals surface area contributed by atoms with Gasteiger partial charge >= 0.3 is 5.97 Å². The smallest absolute Gasteiger partial charge is 0.321 e. The number of hydrogen-bond acceptors (Lipinski definition) is 6. The van der Waals surface area contributed by atoms with Gasteiger partial charge in [0.1, 0.15) is 11.6 Å². The first-order valence-corrected chi connectivity index (χ1v) is 8.90. The first kappa shape index (κ1) is 15.8. The van der Waals surface area contributed by atoms with Crippen LogP contribution < -0.4 is 14.2 Å². The Bertz CT molecular complexity index is 891. The molecule has 0 bridgehead atoms. The Morgan fingerprint density at radius 1 is 1.28 bits per heavy atom. The summed E-state index contributed by atoms with van der Waals surface area (Å²) in [6.45, 7) is 2.20. The van der Waals surface area contributed by atoms with Crippen LogP contribution in [-0.2, 0) is 4.79 Å². The minimum absolute atomic E-state index is 0.0525. The number of aromatic amines is 1. The van der Waals surface area contributed by atoms with E-state index in [1.54, 1.807) is 18.2 Å². The quantitative estimate of drug-likeness (QED) is 0.555. The lowest BCUT2D eigenvalue weighted by molar-refractivity contribution is -0.131. The predicted octanol–water partition coefficient (Wildman–Crippen LogP) is 3.69. The molecule has 1 aliphatic heterocycles. The zero-order valence-electron chi connectivity index (χ0n) is 13.5. The van der Waals surface area contributed by atoms with Gasteiger partial charge in [0.05, 0.1) is 22.0 Å². The van der Waals surface area contributed by atoms with Gasteiger partial charge in [-0.25, -0.2) is 4.98 Å². The molecule has 0 amide bonds. The third-order valence-electron chi connectivity index (χ3n) is 3.82. The Balaban J connectivity index is 1.35. The van der Waals surface area contributed by atoms with Gasteiger partial charge < -0.3 is 19.2 Å². The van der Waals surface area contributed by atoms with Crippen LogP contribution in [-0.4, -0.2) is 28.5 Å². The van der Waals surface area contributed by atoms with E-state index in [9.17, 15) is 4.79 Å². The molecule has 3 aromatic rings. The molecule has 6 nitrogen and oxygen atoms in total. The minimum Gasteiger partial charge on any atom is -0.454 e. The molecule has 1 aromatic heterocycles. The first-order valence-electron chi connectivity index (χ1n) is 7.85. The van der Waals surface area contributed by atoms with Crippen LogP contribution in [0.3, 0.4) is 0 Å². The maximum Gasteiger partial charge on any atom is 0.321 e. The summed E-state index contributed by atoms with van der Waals surface area (Å²) in [6.07, 6.45) is 0. The number of hydrogen-bond donors (Lipinski definition) is 1. The number of carbonyl (C=O) groups excluding carboxylic acids is 1. The monoisotopic (exact) mass is 356 g/mol. The Hall–Kier alpha value is -2.67. The van der Waals surface area contributed by atoms with Crippen LogP contribution in [0.15, 0.2) is 42.5 Å². The second-order valence-electron chi connectivity index (χ2n) is 5.58. The highest BCUT2D eigenvalue weighted by atomic mass is 32.2. The van der Waals surface area contributed by atoms with Crippen molar-refractivity contribution in [3.8, 4) is 17.2 Å². The van der Waals surface area contributed by atoms with Crippen molar-refractivity contribution >= 4 is 28.8 Å². The fraction of sp³-hybridized carbons (Fsp3) is 0.222. The molecule has 128 valence electrons. The molecule has 1 atom stereocenters. The van der Waals surface area contributed by atoms with E-state index in [1.807, 2.05) is 31.2 Å². The van der Waals surface area contributed by atoms with Crippen molar-refractivity contribution < 1.29 is 19.0 Å². The van der Waals surface area contributed by atoms with Crippen molar-refractivity contribution in [2.75, 3.05) is 12.5 Å². The molecule has 0 unspecified atom stereocenters. The predicted molar refractivity (Wildman–Crippen MR) is 95.2 cm³/mol. The number of nitrogens with zero attached hydrogens (tertiary/aromatic N) is 1. The largest absolute Gasteiger partial charge is 0.454 e. The highest BCUT2D eigenvalue weighted by Gasteiger charge is 2.17. The number of nitrogens with one attached hydrogen (secondary N) is 1. The SMILES string of the molecule is C[C@H](SCC(=O)Oc1ccc2c(c1)OCO2)c1nc2ccccc2[nH]1. The maximum absolute atomic E-state index is 12.1. The minimum atomic E-state index is -0.313. The van der Waals surface area contributed by atoms with E-state index < -0.39 is 0 Å². The lowest BCUT2D eigenvalue weighted by Gasteiger charge is -2.08. The Morgan fingerprint density at radius 3 is 3.00 bits per heavy atom. The number of imidazole rings is 1. The Labute approximate surface area is 148 Å². The van der Waals surface area contributed by atoms with Gasteiger partial charge in [0.25, 0.3) is 0 Å². The Kier molecular flexibility index (Phi) is 4.23. The van der Waals surface area contributed by atoms with Crippen molar-refractivity contribution in [2.45, 2.75) is 12.2 Å². The summed E-state index contributed by atoms with van der Waals surface area (Å²) in [5.41, 5.74) is 1.92. The number of esters is 1. The molecule has 0 saturated heterocycles. The molecule has 0 fully saturated rings. The number of rotatable bonds is 5. The average Bonchev–Trinajstić information content (AvgIpc) is 3.25. The summed E-state index contributed by atoms with van der Waals surface area (Å²) >= 11 is 1.47. The van der Waals surface area contributed by atoms with Gasteiger partial charge in [-0.1, -0.05) is 12.1 Å². The fourth-order valence-corrected chi connectivity index (χ4v) is 3.25. The van der Waals surface area contributed by atoms with Crippen molar-refractivity contribution in [2.24, 2.45) is 0 Å². The summed E-state index contributed by atoms with van der Waals surface area (Å²) in [7, 11) is 0. The lowest BCUT2D eigenvalue weighted by Crippen LogP contribution is -2.11. The molecule has 0 saturated carbocycles. The van der Waals surface area contributed by atoms with E-state index in [0.717, 1.165) is 16.9 Å². The zero-order chi connectivity index (χ0) is 17.2. The van der Waals surface area contributed by atoms with E-state index >= 15 is 0 Å². The normalized spacial score (nSPS) is 13.8. The Morgan fingerprint density at radius 2 is 2.12 bits per heavy atom. The maximum atomic E-state index is 12.1. The third-order valence-corrected chi connectivity index (χ3v) is 4.95. The molecule has 1 N–H and O–H groups in total. The fourth-order valence-electron chi connectivity index (χ4n) is 2.54. The van der Waals surface area contributed by atoms with Crippen LogP contribution in [0.25, 0.3) is 11.0 Å². The van der Waals surface area contributed by atoms with Crippen LogP contribution in [0.1, 0.15) is 18.0 Å². The standard InChI is InChI=1S/C18H16N2O4S/c1-11(18-19-13-4-2-3-5-14(13)20-18)25-9-17(21)24-12-6-7-15-16(8-12)23-10-22-15/h2-8,11H,9-10H2,1H3,(H,19,20)/t11-/m0/s1. The topological polar surface area (TPSA) is 73.4 Å². The number of para-hydroxylation sites is 2. The van der Waals surface area contributed by atoms with Crippen molar-refractivity contribution in [1.29, 1.82) is 0 Å². The molecule has 4 rings (SSSR count). The van der Waals surface area contributed by atoms with Gasteiger partial charge in [-0.05, 0) is 31.2 Å². The highest BCUT2D eigenvalue weighted by Crippen LogP contribution is 2.35. The molecule has 0 aliphatic carbocycles. The molecule has 2 aromatic carbocycles. The number of H-pyrrole nitrogens is 1. The molecule has 25 heavy (non-hydrogen) atoms. The van der Waals surface area contributed by atoms with Gasteiger partial charge in [-0.2, -0.15) is 0 Å². The summed E-state index contributed by atoms with van der Waals surface area (Å²) in [4.78, 5) is 19.9. The van der Waals surface area contributed by atoms with Crippen LogP contribution in [0.5, 0.6) is 17.2 Å². The van der Waals surface area contributed by atoms with Crippen molar-refractivity contribution in [3.05, 3.63) is 48.3 Å². The number of carbonyl (C=O) groups is 1. The lowest BCUT2D eigenvalue weighted by atomic mass is 10.3. The van der Waals surface area contributed by atoms with Gasteiger partial charge in [0.15, 0.2) is 11.5 Å². The third kappa shape index (κ3) is 3.41. The molecule has 1 aliphatic rings. The molecular formula is C18H16N2O4S. The van der Waals surface area contributed by atoms with Crippen molar-refractivity contribution in [3.63, 3.8) is 0 Å². The van der Waals surface area contributed by atoms with E-state index in [2.05, 4.69) is 9.97 Å². The number of benzene rings is 2. The van der Waals surface area contributed by atoms with E-state index in [1.165, 1.54) is 11.8 Å². The summed E-state index contributed by atoms with van der Waals surface area (Å²) in [6, 6.07) is 12.9. The molecular weight excluding hydrogens is 340 g/mol. The van der Waals surface area contributed by atoms with Crippen LogP contribution in [0.2, 0.25) is 0 Å². The van der Waals surface area contributed by atoms with Gasteiger partial charge in [-0.15, -0.1) is 11.8 Å². The summed E-state index contributed by atoms with van der Waals surface area (Å²) in [5, 5.41) is 0.0525. The van der Waals surface area contributed by atoms with Gasteiger partial charge in [0, 0.05) is 6.07 Å². The second kappa shape index (κ2) is 6.68. The van der Waals surface area contributed by atoms with Gasteiger partial charge in [-0.3, -0.25) is 4.79 Å². The van der Waals surface area contributed by atoms with Crippen molar-refractivity contribution in [1.82, 2.24) is 9.97 Å². The van der Waals surface area contributed by atoms with Crippen LogP contribution in [0, 0.1) is 0 Å². The first-order chi connectivity index (χ1) is 12.2. The number of thioether (sulfide) groups is 1. The molecule has 2 heterocycles. The second-order valence-corrected chi connectivity index (χ2v) is 6.91. The van der Waals surface area contributed by atoms with E-state index in [0.29, 0.717) is 17.2 Å². The van der Waals surface area contributed by atoms with Gasteiger partial charge in [0.2, 0.25) is 6.79 Å². The highest BCUT2D eigenvalue weighted by molar-refractivity contribution is 8.00. The zero-order valence-corrected chi connectivity index (χ0v) is 14.3.